The monoisotopic (exact) mass is 478 g/mol. The molecular weight excluding hydrogens is 458 g/mol. The van der Waals surface area contributed by atoms with Gasteiger partial charge in [0.05, 0.1) is 17.1 Å². The number of hydrogen-bond donors (Lipinski definition) is 2. The minimum Gasteiger partial charge on any atom is -0.357 e. The molecule has 0 saturated carbocycles. The molecule has 4 aromatic rings. The molecule has 2 aromatic carbocycles. The van der Waals surface area contributed by atoms with Crippen LogP contribution in [-0.4, -0.2) is 38.6 Å². The zero-order valence-electron chi connectivity index (χ0n) is 17.8. The lowest BCUT2D eigenvalue weighted by Crippen LogP contribution is -2.38. The van der Waals surface area contributed by atoms with Crippen molar-refractivity contribution in [2.75, 3.05) is 12.3 Å². The Morgan fingerprint density at radius 3 is 2.81 bits per heavy atom. The summed E-state index contributed by atoms with van der Waals surface area (Å²) < 4.78 is 9.70. The first-order chi connectivity index (χ1) is 15.5. The molecule has 8 nitrogen and oxygen atoms in total. The number of carbonyl (C=O) groups is 1. The molecule has 0 spiro atoms. The van der Waals surface area contributed by atoms with E-state index in [1.165, 1.54) is 0 Å². The lowest BCUT2D eigenvalue weighted by molar-refractivity contribution is -0.121. The van der Waals surface area contributed by atoms with E-state index in [9.17, 15) is 4.79 Å². The van der Waals surface area contributed by atoms with Crippen LogP contribution >= 0.6 is 15.9 Å². The molecule has 0 aliphatic rings. The molecule has 1 atom stereocenters. The van der Waals surface area contributed by atoms with E-state index in [2.05, 4.69) is 37.7 Å². The van der Waals surface area contributed by atoms with E-state index < -0.39 is 6.04 Å². The molecule has 0 radical (unpaired) electrons. The third-order valence-electron chi connectivity index (χ3n) is 4.90. The van der Waals surface area contributed by atoms with Gasteiger partial charge in [-0.05, 0) is 58.7 Å². The number of likely N-dealkylation sites (N-methyl/N-ethyl adjacent to an activating group) is 1. The van der Waals surface area contributed by atoms with E-state index in [1.54, 1.807) is 28.8 Å². The van der Waals surface area contributed by atoms with Crippen molar-refractivity contribution in [1.29, 1.82) is 5.26 Å². The van der Waals surface area contributed by atoms with Crippen LogP contribution in [0.5, 0.6) is 0 Å². The van der Waals surface area contributed by atoms with E-state index in [-0.39, 0.29) is 12.9 Å². The molecule has 1 amide bonds. The number of halogens is 1. The van der Waals surface area contributed by atoms with E-state index >= 15 is 0 Å². The van der Waals surface area contributed by atoms with Crippen molar-refractivity contribution in [3.63, 3.8) is 0 Å². The van der Waals surface area contributed by atoms with E-state index in [0.29, 0.717) is 34.9 Å². The van der Waals surface area contributed by atoms with Gasteiger partial charge in [-0.15, -0.1) is 5.10 Å². The largest absolute Gasteiger partial charge is 0.357 e. The second kappa shape index (κ2) is 8.70. The van der Waals surface area contributed by atoms with Gasteiger partial charge in [0.2, 0.25) is 11.9 Å². The summed E-state index contributed by atoms with van der Waals surface area (Å²) in [5.74, 6) is 0.594. The van der Waals surface area contributed by atoms with Gasteiger partial charge in [0, 0.05) is 23.8 Å². The smallest absolute Gasteiger partial charge is 0.242 e. The van der Waals surface area contributed by atoms with Gasteiger partial charge in [-0.3, -0.25) is 4.79 Å². The lowest BCUT2D eigenvalue weighted by Gasteiger charge is -2.18. The van der Waals surface area contributed by atoms with Crippen LogP contribution in [0, 0.1) is 11.3 Å². The highest BCUT2D eigenvalue weighted by molar-refractivity contribution is 9.10. The van der Waals surface area contributed by atoms with Gasteiger partial charge in [0.15, 0.2) is 11.5 Å². The molecule has 0 aliphatic carbocycles. The fraction of sp³-hybridized carbons (Fsp3) is 0.227. The molecule has 9 heteroatoms. The summed E-state index contributed by atoms with van der Waals surface area (Å²) in [6, 6.07) is 14.3. The number of aromatic nitrogens is 4. The highest BCUT2D eigenvalue weighted by atomic mass is 79.9. The number of hydrogen-bond acceptors (Lipinski definition) is 6. The fourth-order valence-corrected chi connectivity index (χ4v) is 3.80. The zero-order chi connectivity index (χ0) is 22.7. The Morgan fingerprint density at radius 2 is 2.10 bits per heavy atom. The fourth-order valence-electron chi connectivity index (χ4n) is 3.34. The molecule has 31 heavy (non-hydrogen) atoms. The lowest BCUT2D eigenvalue weighted by atomic mass is 10.1. The summed E-state index contributed by atoms with van der Waals surface area (Å²) in [5, 5.41) is 20.3. The molecule has 0 unspecified atom stereocenters. The number of nitrogens with zero attached hydrogens (tertiary/aromatic N) is 5. The first-order valence-electron chi connectivity index (χ1n) is 10.5. The van der Waals surface area contributed by atoms with Crippen LogP contribution in [0.15, 0.2) is 46.9 Å². The predicted molar refractivity (Wildman–Crippen MR) is 123 cm³/mol. The normalized spacial score (nSPS) is 12.4. The van der Waals surface area contributed by atoms with Crippen molar-refractivity contribution in [2.45, 2.75) is 25.8 Å². The molecule has 0 bridgehead atoms. The summed E-state index contributed by atoms with van der Waals surface area (Å²) in [7, 11) is -0.195. The average Bonchev–Trinajstić information content (AvgIpc) is 3.26. The Kier molecular flexibility index (Phi) is 5.46. The number of nitriles is 1. The number of amides is 1. The third kappa shape index (κ3) is 3.94. The molecule has 2 heterocycles. The Hall–Kier alpha value is -3.51. The van der Waals surface area contributed by atoms with Gasteiger partial charge in [0.1, 0.15) is 6.04 Å². The van der Waals surface area contributed by atoms with Gasteiger partial charge >= 0.3 is 0 Å². The molecule has 2 N–H and O–H groups in total. The standard InChI is InChI=1S/C22H20BrN7O/c1-3-5-17(21(31)25-2)26-22-27-18-15(6-4-7-16(18)23)20-28-19(29-30(20)22)14-10-8-13(12-24)9-11-14/h4,6-11,17H,3,5H2,1-2H3,(H,25,31)(H,26,27)/t17-/m0/s1/i2D. The molecule has 0 aliphatic heterocycles. The minimum atomic E-state index is -0.566. The van der Waals surface area contributed by atoms with Gasteiger partial charge in [0.25, 0.3) is 0 Å². The topological polar surface area (TPSA) is 108 Å². The van der Waals surface area contributed by atoms with E-state index in [1.807, 2.05) is 25.1 Å². The molecule has 4 rings (SSSR count). The van der Waals surface area contributed by atoms with Crippen molar-refractivity contribution < 1.29 is 6.17 Å². The predicted octanol–water partition coefficient (Wildman–Crippen LogP) is 3.91. The van der Waals surface area contributed by atoms with E-state index in [0.717, 1.165) is 21.8 Å². The van der Waals surface area contributed by atoms with Crippen molar-refractivity contribution in [3.05, 3.63) is 52.5 Å². The SMILES string of the molecule is [2H]CNC(=O)[C@H](CCC)Nc1nc2c(Br)cccc2c2nc(-c3ccc(C#N)cc3)nn12. The maximum Gasteiger partial charge on any atom is 0.242 e. The van der Waals surface area contributed by atoms with Crippen LogP contribution in [0.1, 0.15) is 26.7 Å². The summed E-state index contributed by atoms with van der Waals surface area (Å²) in [5.41, 5.74) is 2.60. The molecular formula is C22H20BrN7O. The Bertz CT molecular complexity index is 1330. The highest BCUT2D eigenvalue weighted by Gasteiger charge is 2.21. The summed E-state index contributed by atoms with van der Waals surface area (Å²) in [4.78, 5) is 22.0. The summed E-state index contributed by atoms with van der Waals surface area (Å²) >= 11 is 3.55. The van der Waals surface area contributed by atoms with Crippen molar-refractivity contribution in [2.24, 2.45) is 0 Å². The molecule has 2 aromatic heterocycles. The second-order valence-corrected chi connectivity index (χ2v) is 7.81. The maximum absolute atomic E-state index is 12.5. The second-order valence-electron chi connectivity index (χ2n) is 6.96. The first-order valence-corrected chi connectivity index (χ1v) is 10.5. The third-order valence-corrected chi connectivity index (χ3v) is 5.54. The number of carbonyl (C=O) groups excluding carboxylic acids is 1. The molecule has 0 saturated heterocycles. The number of fused-ring (bicyclic) bond motifs is 3. The Balaban J connectivity index is 1.88. The summed E-state index contributed by atoms with van der Waals surface area (Å²) in [6.07, 6.45) is 1.34. The maximum atomic E-state index is 12.5. The molecule has 156 valence electrons. The van der Waals surface area contributed by atoms with Crippen molar-refractivity contribution >= 4 is 44.3 Å². The van der Waals surface area contributed by atoms with Crippen LogP contribution in [-0.2, 0) is 4.79 Å². The number of anilines is 1. The van der Waals surface area contributed by atoms with Gasteiger partial charge in [-0.1, -0.05) is 19.4 Å². The van der Waals surface area contributed by atoms with Gasteiger partial charge < -0.3 is 10.6 Å². The zero-order valence-corrected chi connectivity index (χ0v) is 18.3. The quantitative estimate of drug-likeness (QED) is 0.434. The van der Waals surface area contributed by atoms with Gasteiger partial charge in [-0.25, -0.2) is 9.97 Å². The van der Waals surface area contributed by atoms with Crippen LogP contribution in [0.2, 0.25) is 0 Å². The average molecular weight is 479 g/mol. The number of benzene rings is 2. The summed E-state index contributed by atoms with van der Waals surface area (Å²) in [6.45, 7) is 1.99. The van der Waals surface area contributed by atoms with Crippen molar-refractivity contribution in [3.8, 4) is 17.5 Å². The van der Waals surface area contributed by atoms with E-state index in [4.69, 9.17) is 16.6 Å². The van der Waals surface area contributed by atoms with Crippen LogP contribution in [0.3, 0.4) is 0 Å². The van der Waals surface area contributed by atoms with Crippen LogP contribution in [0.4, 0.5) is 5.95 Å². The minimum absolute atomic E-state index is 0.195. The number of rotatable bonds is 6. The highest BCUT2D eigenvalue weighted by Crippen LogP contribution is 2.29. The first kappa shape index (κ1) is 19.5. The number of nitrogens with one attached hydrogen (secondary N) is 2. The molecule has 0 fully saturated rings. The van der Waals surface area contributed by atoms with Crippen LogP contribution < -0.4 is 10.6 Å². The van der Waals surface area contributed by atoms with Crippen molar-refractivity contribution in [1.82, 2.24) is 24.9 Å². The number of para-hydroxylation sites is 1. The Labute approximate surface area is 188 Å². The Morgan fingerprint density at radius 1 is 1.29 bits per heavy atom. The van der Waals surface area contributed by atoms with Gasteiger partial charge in [-0.2, -0.15) is 9.78 Å². The van der Waals surface area contributed by atoms with Crippen LogP contribution in [0.25, 0.3) is 27.9 Å².